The van der Waals surface area contributed by atoms with Crippen LogP contribution >= 0.6 is 24.0 Å². The molecular weight excluding hydrogens is 475 g/mol. The Balaban J connectivity index is 0.00000300. The molecule has 6 nitrogen and oxygen atoms in total. The molecule has 1 aromatic carbocycles. The zero-order valence-corrected chi connectivity index (χ0v) is 21.1. The summed E-state index contributed by atoms with van der Waals surface area (Å²) in [7, 11) is 4.44. The van der Waals surface area contributed by atoms with Crippen LogP contribution in [0, 0.1) is 13.8 Å². The van der Waals surface area contributed by atoms with E-state index in [2.05, 4.69) is 78.0 Å². The molecule has 164 valence electrons. The molecule has 2 fully saturated rings. The minimum atomic E-state index is 0. The molecule has 2 aliphatic rings. The van der Waals surface area contributed by atoms with Gasteiger partial charge in [0.2, 0.25) is 0 Å². The molecule has 0 saturated carbocycles. The molecule has 2 saturated heterocycles. The molecule has 0 radical (unpaired) electrons. The predicted octanol–water partition coefficient (Wildman–Crippen LogP) is 2.25. The van der Waals surface area contributed by atoms with E-state index in [0.29, 0.717) is 6.04 Å². The lowest BCUT2D eigenvalue weighted by Crippen LogP contribution is -2.54. The Hall–Kier alpha value is -1.06. The van der Waals surface area contributed by atoms with E-state index in [1.165, 1.54) is 16.8 Å². The van der Waals surface area contributed by atoms with Gasteiger partial charge in [-0.05, 0) is 52.1 Å². The third-order valence-corrected chi connectivity index (χ3v) is 6.26. The van der Waals surface area contributed by atoms with Gasteiger partial charge in [0.05, 0.1) is 6.54 Å². The lowest BCUT2D eigenvalue weighted by Gasteiger charge is -2.39. The van der Waals surface area contributed by atoms with Gasteiger partial charge in [-0.1, -0.05) is 12.1 Å². The van der Waals surface area contributed by atoms with Crippen molar-refractivity contribution in [3.05, 3.63) is 29.3 Å². The van der Waals surface area contributed by atoms with Crippen molar-refractivity contribution in [2.75, 3.05) is 77.9 Å². The minimum Gasteiger partial charge on any atom is -0.368 e. The molecule has 1 unspecified atom stereocenters. The van der Waals surface area contributed by atoms with Gasteiger partial charge < -0.3 is 20.0 Å². The molecule has 0 bridgehead atoms. The maximum atomic E-state index is 5.02. The van der Waals surface area contributed by atoms with Gasteiger partial charge in [-0.3, -0.25) is 9.89 Å². The Morgan fingerprint density at radius 2 is 1.79 bits per heavy atom. The smallest absolute Gasteiger partial charge is 0.194 e. The number of rotatable bonds is 4. The third-order valence-electron chi connectivity index (χ3n) is 6.26. The second kappa shape index (κ2) is 11.4. The maximum absolute atomic E-state index is 5.02. The van der Waals surface area contributed by atoms with Crippen molar-refractivity contribution in [2.24, 2.45) is 4.99 Å². The summed E-state index contributed by atoms with van der Waals surface area (Å²) in [5.74, 6) is 1.07. The molecule has 3 rings (SSSR count). The monoisotopic (exact) mass is 514 g/mol. The van der Waals surface area contributed by atoms with Crippen molar-refractivity contribution in [1.29, 1.82) is 0 Å². The summed E-state index contributed by atoms with van der Waals surface area (Å²) in [6.07, 6.45) is 0. The molecule has 0 aromatic heterocycles. The Labute approximate surface area is 194 Å². The SMILES string of the molecule is CCNC(=NCC1CN(C)CCN1C)N1CCN(c2cccc(C)c2C)CC1.I. The first-order valence-electron chi connectivity index (χ1n) is 10.7. The second-order valence-electron chi connectivity index (χ2n) is 8.28. The lowest BCUT2D eigenvalue weighted by molar-refractivity contribution is 0.119. The van der Waals surface area contributed by atoms with Crippen molar-refractivity contribution in [3.63, 3.8) is 0 Å². The summed E-state index contributed by atoms with van der Waals surface area (Å²) in [6.45, 7) is 15.9. The van der Waals surface area contributed by atoms with Gasteiger partial charge in [0.1, 0.15) is 0 Å². The number of aliphatic imine (C=N–C) groups is 1. The minimum absolute atomic E-state index is 0. The van der Waals surface area contributed by atoms with E-state index >= 15 is 0 Å². The van der Waals surface area contributed by atoms with Crippen molar-refractivity contribution >= 4 is 35.6 Å². The molecule has 29 heavy (non-hydrogen) atoms. The highest BCUT2D eigenvalue weighted by molar-refractivity contribution is 14.0. The number of nitrogens with one attached hydrogen (secondary N) is 1. The van der Waals surface area contributed by atoms with Crippen LogP contribution in [0.15, 0.2) is 23.2 Å². The molecule has 7 heteroatoms. The first kappa shape index (κ1) is 24.2. The third kappa shape index (κ3) is 6.21. The highest BCUT2D eigenvalue weighted by Gasteiger charge is 2.24. The molecule has 1 N–H and O–H groups in total. The van der Waals surface area contributed by atoms with E-state index in [4.69, 9.17) is 4.99 Å². The number of hydrogen-bond acceptors (Lipinski definition) is 4. The molecule has 0 amide bonds. The zero-order chi connectivity index (χ0) is 20.1. The van der Waals surface area contributed by atoms with Crippen molar-refractivity contribution < 1.29 is 0 Å². The first-order chi connectivity index (χ1) is 13.5. The van der Waals surface area contributed by atoms with Crippen LogP contribution in [0.5, 0.6) is 0 Å². The number of hydrogen-bond donors (Lipinski definition) is 1. The highest BCUT2D eigenvalue weighted by atomic mass is 127. The van der Waals surface area contributed by atoms with Gasteiger partial charge in [0.15, 0.2) is 5.96 Å². The number of aryl methyl sites for hydroxylation is 1. The van der Waals surface area contributed by atoms with E-state index in [1.807, 2.05) is 0 Å². The number of likely N-dealkylation sites (N-methyl/N-ethyl adjacent to an activating group) is 2. The van der Waals surface area contributed by atoms with E-state index in [9.17, 15) is 0 Å². The average molecular weight is 515 g/mol. The van der Waals surface area contributed by atoms with Crippen LogP contribution in [0.3, 0.4) is 0 Å². The molecule has 2 heterocycles. The zero-order valence-electron chi connectivity index (χ0n) is 18.8. The Morgan fingerprint density at radius 3 is 2.48 bits per heavy atom. The van der Waals surface area contributed by atoms with Gasteiger partial charge in [-0.2, -0.15) is 0 Å². The molecule has 0 spiro atoms. The standard InChI is InChI=1S/C22H38N6.HI/c1-6-23-22(24-16-20-17-25(4)10-11-26(20)5)28-14-12-27(13-15-28)21-9-7-8-18(2)19(21)3;/h7-9,20H,6,10-17H2,1-5H3,(H,23,24);1H. The summed E-state index contributed by atoms with van der Waals surface area (Å²) >= 11 is 0. The molecule has 0 aliphatic carbocycles. The molecule has 2 aliphatic heterocycles. The summed E-state index contributed by atoms with van der Waals surface area (Å²) < 4.78 is 0. The number of piperazine rings is 2. The summed E-state index contributed by atoms with van der Waals surface area (Å²) in [5, 5.41) is 3.52. The van der Waals surface area contributed by atoms with Crippen molar-refractivity contribution in [2.45, 2.75) is 26.8 Å². The second-order valence-corrected chi connectivity index (χ2v) is 8.28. The van der Waals surface area contributed by atoms with Gasteiger partial charge in [-0.15, -0.1) is 24.0 Å². The fourth-order valence-electron chi connectivity index (χ4n) is 4.15. The topological polar surface area (TPSA) is 37.4 Å². The van der Waals surface area contributed by atoms with E-state index < -0.39 is 0 Å². The summed E-state index contributed by atoms with van der Waals surface area (Å²) in [5.41, 5.74) is 4.16. The summed E-state index contributed by atoms with van der Waals surface area (Å²) in [6, 6.07) is 7.13. The van der Waals surface area contributed by atoms with Gasteiger partial charge in [0, 0.05) is 64.1 Å². The number of halogens is 1. The fourth-order valence-corrected chi connectivity index (χ4v) is 4.15. The van der Waals surface area contributed by atoms with Crippen LogP contribution in [-0.4, -0.2) is 99.7 Å². The number of nitrogens with zero attached hydrogens (tertiary/aromatic N) is 5. The Kier molecular flexibility index (Phi) is 9.49. The first-order valence-corrected chi connectivity index (χ1v) is 10.7. The van der Waals surface area contributed by atoms with Crippen molar-refractivity contribution in [1.82, 2.24) is 20.0 Å². The van der Waals surface area contributed by atoms with Crippen LogP contribution in [0.2, 0.25) is 0 Å². The molecule has 1 aromatic rings. The largest absolute Gasteiger partial charge is 0.368 e. The maximum Gasteiger partial charge on any atom is 0.194 e. The van der Waals surface area contributed by atoms with E-state index in [1.54, 1.807) is 0 Å². The average Bonchev–Trinajstić information content (AvgIpc) is 2.70. The van der Waals surface area contributed by atoms with Crippen LogP contribution in [-0.2, 0) is 0 Å². The molecule has 1 atom stereocenters. The number of benzene rings is 1. The molecular formula is C22H39IN6. The Bertz CT molecular complexity index is 671. The van der Waals surface area contributed by atoms with Crippen LogP contribution in [0.25, 0.3) is 0 Å². The van der Waals surface area contributed by atoms with Gasteiger partial charge >= 0.3 is 0 Å². The quantitative estimate of drug-likeness (QED) is 0.379. The predicted molar refractivity (Wildman–Crippen MR) is 135 cm³/mol. The van der Waals surface area contributed by atoms with Crippen LogP contribution in [0.1, 0.15) is 18.1 Å². The summed E-state index contributed by atoms with van der Waals surface area (Å²) in [4.78, 5) is 14.8. The normalized spacial score (nSPS) is 21.8. The number of guanidine groups is 1. The number of anilines is 1. The Morgan fingerprint density at radius 1 is 1.07 bits per heavy atom. The van der Waals surface area contributed by atoms with Gasteiger partial charge in [-0.25, -0.2) is 0 Å². The van der Waals surface area contributed by atoms with Crippen LogP contribution in [0.4, 0.5) is 5.69 Å². The van der Waals surface area contributed by atoms with Crippen molar-refractivity contribution in [3.8, 4) is 0 Å². The van der Waals surface area contributed by atoms with Crippen LogP contribution < -0.4 is 10.2 Å². The fraction of sp³-hybridized carbons (Fsp3) is 0.682. The van der Waals surface area contributed by atoms with Gasteiger partial charge in [0.25, 0.3) is 0 Å². The highest BCUT2D eigenvalue weighted by Crippen LogP contribution is 2.23. The lowest BCUT2D eigenvalue weighted by atomic mass is 10.1. The van der Waals surface area contributed by atoms with E-state index in [0.717, 1.165) is 64.9 Å². The van der Waals surface area contributed by atoms with E-state index in [-0.39, 0.29) is 24.0 Å².